The van der Waals surface area contributed by atoms with Crippen LogP contribution >= 0.6 is 0 Å². The van der Waals surface area contributed by atoms with E-state index in [1.165, 1.54) is 0 Å². The lowest BCUT2D eigenvalue weighted by atomic mass is 10.1. The largest absolute Gasteiger partial charge is 0.491 e. The Morgan fingerprint density at radius 2 is 2.06 bits per heavy atom. The van der Waals surface area contributed by atoms with Crippen LogP contribution in [0.5, 0.6) is 5.75 Å². The summed E-state index contributed by atoms with van der Waals surface area (Å²) in [5, 5.41) is 0. The van der Waals surface area contributed by atoms with Crippen LogP contribution in [0.25, 0.3) is 6.08 Å². The number of halogens is 1. The molecule has 0 atom stereocenters. The lowest BCUT2D eigenvalue weighted by Crippen LogP contribution is -1.97. The highest BCUT2D eigenvalue weighted by Crippen LogP contribution is 2.24. The molecule has 0 saturated heterocycles. The standard InChI is InChI=1S/C14H19FO/c1-4-6-7-8-12-9-10-13(16-5-2)14(15)11(12)3/h7-10H,4-6H2,1-3H3/b8-7+. The monoisotopic (exact) mass is 222 g/mol. The first-order chi connectivity index (χ1) is 7.70. The number of hydrogen-bond donors (Lipinski definition) is 0. The van der Waals surface area contributed by atoms with Gasteiger partial charge in [0.1, 0.15) is 0 Å². The molecular weight excluding hydrogens is 203 g/mol. The van der Waals surface area contributed by atoms with Crippen molar-refractivity contribution in [1.82, 2.24) is 0 Å². The third-order valence-corrected chi connectivity index (χ3v) is 2.45. The molecule has 1 aromatic rings. The summed E-state index contributed by atoms with van der Waals surface area (Å²) in [6, 6.07) is 3.59. The number of ether oxygens (including phenoxy) is 1. The van der Waals surface area contributed by atoms with Crippen molar-refractivity contribution in [2.45, 2.75) is 33.6 Å². The summed E-state index contributed by atoms with van der Waals surface area (Å²) < 4.78 is 19.0. The quantitative estimate of drug-likeness (QED) is 0.719. The summed E-state index contributed by atoms with van der Waals surface area (Å²) in [4.78, 5) is 0. The second-order valence-electron chi connectivity index (χ2n) is 3.72. The molecular formula is C14H19FO. The van der Waals surface area contributed by atoms with Crippen LogP contribution in [-0.2, 0) is 0 Å². The van der Waals surface area contributed by atoms with Crippen molar-refractivity contribution in [3.05, 3.63) is 35.2 Å². The highest BCUT2D eigenvalue weighted by Gasteiger charge is 2.08. The summed E-state index contributed by atoms with van der Waals surface area (Å²) in [5.74, 6) is 0.0909. The van der Waals surface area contributed by atoms with E-state index in [0.29, 0.717) is 17.9 Å². The molecule has 1 rings (SSSR count). The topological polar surface area (TPSA) is 9.23 Å². The number of benzene rings is 1. The minimum atomic E-state index is -0.250. The van der Waals surface area contributed by atoms with Gasteiger partial charge >= 0.3 is 0 Å². The van der Waals surface area contributed by atoms with Crippen LogP contribution < -0.4 is 4.74 Å². The fourth-order valence-corrected chi connectivity index (χ4v) is 1.50. The Bertz CT molecular complexity index is 369. The zero-order valence-corrected chi connectivity index (χ0v) is 10.2. The number of rotatable bonds is 5. The van der Waals surface area contributed by atoms with Crippen molar-refractivity contribution < 1.29 is 9.13 Å². The van der Waals surface area contributed by atoms with E-state index in [4.69, 9.17) is 4.74 Å². The molecule has 0 aliphatic heterocycles. The van der Waals surface area contributed by atoms with Crippen molar-refractivity contribution in [1.29, 1.82) is 0 Å². The van der Waals surface area contributed by atoms with Gasteiger partial charge in [0, 0.05) is 0 Å². The van der Waals surface area contributed by atoms with Gasteiger partial charge in [0.05, 0.1) is 6.61 Å². The van der Waals surface area contributed by atoms with Gasteiger partial charge in [-0.05, 0) is 37.5 Å². The lowest BCUT2D eigenvalue weighted by molar-refractivity contribution is 0.320. The average Bonchev–Trinajstić information content (AvgIpc) is 2.28. The van der Waals surface area contributed by atoms with Gasteiger partial charge in [-0.1, -0.05) is 31.6 Å². The van der Waals surface area contributed by atoms with E-state index in [0.717, 1.165) is 18.4 Å². The molecule has 16 heavy (non-hydrogen) atoms. The SMILES string of the molecule is CCC/C=C/c1ccc(OCC)c(F)c1C. The molecule has 0 aromatic heterocycles. The minimum Gasteiger partial charge on any atom is -0.491 e. The second-order valence-corrected chi connectivity index (χ2v) is 3.72. The zero-order chi connectivity index (χ0) is 12.0. The smallest absolute Gasteiger partial charge is 0.168 e. The first-order valence-electron chi connectivity index (χ1n) is 5.79. The van der Waals surface area contributed by atoms with Crippen LogP contribution in [0.3, 0.4) is 0 Å². The van der Waals surface area contributed by atoms with E-state index in [1.807, 2.05) is 19.1 Å². The Morgan fingerprint density at radius 3 is 2.69 bits per heavy atom. The Morgan fingerprint density at radius 1 is 1.31 bits per heavy atom. The first-order valence-corrected chi connectivity index (χ1v) is 5.79. The molecule has 0 saturated carbocycles. The maximum absolute atomic E-state index is 13.8. The second kappa shape index (κ2) is 6.31. The summed E-state index contributed by atoms with van der Waals surface area (Å²) in [6.45, 7) is 6.24. The first kappa shape index (κ1) is 12.8. The van der Waals surface area contributed by atoms with E-state index in [1.54, 1.807) is 13.0 Å². The number of unbranched alkanes of at least 4 members (excludes halogenated alkanes) is 1. The summed E-state index contributed by atoms with van der Waals surface area (Å²) in [6.07, 6.45) is 6.17. The van der Waals surface area contributed by atoms with Crippen molar-refractivity contribution >= 4 is 6.08 Å². The van der Waals surface area contributed by atoms with Crippen LogP contribution in [0.15, 0.2) is 18.2 Å². The third-order valence-electron chi connectivity index (χ3n) is 2.45. The normalized spacial score (nSPS) is 11.0. The molecule has 1 nitrogen and oxygen atoms in total. The Balaban J connectivity index is 2.93. The fraction of sp³-hybridized carbons (Fsp3) is 0.429. The van der Waals surface area contributed by atoms with Crippen molar-refractivity contribution in [2.24, 2.45) is 0 Å². The molecule has 88 valence electrons. The minimum absolute atomic E-state index is 0.250. The highest BCUT2D eigenvalue weighted by molar-refractivity contribution is 5.55. The van der Waals surface area contributed by atoms with Gasteiger partial charge in [-0.2, -0.15) is 0 Å². The van der Waals surface area contributed by atoms with Crippen molar-refractivity contribution in [3.63, 3.8) is 0 Å². The van der Waals surface area contributed by atoms with Gasteiger partial charge in [0.15, 0.2) is 11.6 Å². The molecule has 0 radical (unpaired) electrons. The van der Waals surface area contributed by atoms with Crippen LogP contribution in [0, 0.1) is 12.7 Å². The molecule has 0 unspecified atom stereocenters. The Hall–Kier alpha value is -1.31. The fourth-order valence-electron chi connectivity index (χ4n) is 1.50. The predicted octanol–water partition coefficient (Wildman–Crippen LogP) is 4.35. The van der Waals surface area contributed by atoms with Gasteiger partial charge < -0.3 is 4.74 Å². The van der Waals surface area contributed by atoms with Crippen LogP contribution in [0.2, 0.25) is 0 Å². The lowest BCUT2D eigenvalue weighted by Gasteiger charge is -2.08. The van der Waals surface area contributed by atoms with E-state index in [2.05, 4.69) is 13.0 Å². The summed E-state index contributed by atoms with van der Waals surface area (Å²) >= 11 is 0. The molecule has 0 heterocycles. The zero-order valence-electron chi connectivity index (χ0n) is 10.2. The molecule has 1 aromatic carbocycles. The molecule has 0 amide bonds. The van der Waals surface area contributed by atoms with Gasteiger partial charge in [-0.3, -0.25) is 0 Å². The van der Waals surface area contributed by atoms with Gasteiger partial charge in [0.2, 0.25) is 0 Å². The van der Waals surface area contributed by atoms with E-state index >= 15 is 0 Å². The van der Waals surface area contributed by atoms with E-state index in [-0.39, 0.29) is 5.82 Å². The molecule has 0 fully saturated rings. The molecule has 2 heteroatoms. The van der Waals surface area contributed by atoms with Gasteiger partial charge in [0.25, 0.3) is 0 Å². The average molecular weight is 222 g/mol. The van der Waals surface area contributed by atoms with Gasteiger partial charge in [-0.15, -0.1) is 0 Å². The molecule has 0 spiro atoms. The van der Waals surface area contributed by atoms with E-state index in [9.17, 15) is 4.39 Å². The predicted molar refractivity (Wildman–Crippen MR) is 66.2 cm³/mol. The molecule has 0 aliphatic rings. The van der Waals surface area contributed by atoms with Crippen LogP contribution in [0.4, 0.5) is 4.39 Å². The van der Waals surface area contributed by atoms with Crippen molar-refractivity contribution in [3.8, 4) is 5.75 Å². The maximum Gasteiger partial charge on any atom is 0.168 e. The summed E-state index contributed by atoms with van der Waals surface area (Å²) in [7, 11) is 0. The number of allylic oxidation sites excluding steroid dienone is 1. The van der Waals surface area contributed by atoms with Gasteiger partial charge in [-0.25, -0.2) is 4.39 Å². The molecule has 0 aliphatic carbocycles. The Labute approximate surface area is 96.9 Å². The Kier molecular flexibility index (Phi) is 5.03. The maximum atomic E-state index is 13.8. The molecule has 0 N–H and O–H groups in total. The van der Waals surface area contributed by atoms with Crippen LogP contribution in [0.1, 0.15) is 37.8 Å². The number of hydrogen-bond acceptors (Lipinski definition) is 1. The van der Waals surface area contributed by atoms with Crippen molar-refractivity contribution in [2.75, 3.05) is 6.61 Å². The van der Waals surface area contributed by atoms with Crippen LogP contribution in [-0.4, -0.2) is 6.61 Å². The third kappa shape index (κ3) is 3.09. The molecule has 0 bridgehead atoms. The van der Waals surface area contributed by atoms with E-state index < -0.39 is 0 Å². The summed E-state index contributed by atoms with van der Waals surface area (Å²) in [5.41, 5.74) is 1.58. The highest BCUT2D eigenvalue weighted by atomic mass is 19.1.